The van der Waals surface area contributed by atoms with Crippen molar-refractivity contribution in [2.24, 2.45) is 5.92 Å². The Morgan fingerprint density at radius 3 is 2.58 bits per heavy atom. The van der Waals surface area contributed by atoms with Gasteiger partial charge in [0, 0.05) is 6.04 Å². The number of carbonyl (C=O) groups is 2. The van der Waals surface area contributed by atoms with E-state index in [2.05, 4.69) is 12.2 Å². The Morgan fingerprint density at radius 2 is 1.95 bits per heavy atom. The van der Waals surface area contributed by atoms with Crippen LogP contribution in [-0.2, 0) is 4.79 Å². The molecule has 1 heterocycles. The SMILES string of the molecule is CCCCC1C(=O)N(C2CCCCC2)C(=O)NC1=S. The van der Waals surface area contributed by atoms with E-state index in [9.17, 15) is 9.59 Å². The van der Waals surface area contributed by atoms with Crippen molar-refractivity contribution in [2.45, 2.75) is 64.3 Å². The molecular weight excluding hydrogens is 260 g/mol. The number of urea groups is 1. The summed E-state index contributed by atoms with van der Waals surface area (Å²) in [6.45, 7) is 2.09. The Morgan fingerprint density at radius 1 is 1.26 bits per heavy atom. The standard InChI is InChI=1S/C14H22N2O2S/c1-2-3-9-11-12(19)15-14(18)16(13(11)17)10-7-5-4-6-8-10/h10-11H,2-9H2,1H3,(H,15,18,19). The summed E-state index contributed by atoms with van der Waals surface area (Å²) >= 11 is 5.17. The van der Waals surface area contributed by atoms with Crippen LogP contribution in [-0.4, -0.2) is 27.9 Å². The van der Waals surface area contributed by atoms with Crippen molar-refractivity contribution >= 4 is 29.1 Å². The first-order chi connectivity index (χ1) is 9.15. The molecule has 0 aromatic carbocycles. The van der Waals surface area contributed by atoms with E-state index in [4.69, 9.17) is 12.2 Å². The van der Waals surface area contributed by atoms with Crippen molar-refractivity contribution in [3.8, 4) is 0 Å². The van der Waals surface area contributed by atoms with Crippen molar-refractivity contribution in [2.75, 3.05) is 0 Å². The van der Waals surface area contributed by atoms with Crippen LogP contribution in [0.15, 0.2) is 0 Å². The lowest BCUT2D eigenvalue weighted by Crippen LogP contribution is -2.60. The molecule has 0 aromatic heterocycles. The smallest absolute Gasteiger partial charge is 0.301 e. The van der Waals surface area contributed by atoms with Crippen LogP contribution in [0.4, 0.5) is 4.79 Å². The highest BCUT2D eigenvalue weighted by Gasteiger charge is 2.41. The molecule has 1 saturated carbocycles. The number of amides is 3. The zero-order chi connectivity index (χ0) is 13.8. The summed E-state index contributed by atoms with van der Waals surface area (Å²) in [6, 6.07) is -0.233. The minimum atomic E-state index is -0.311. The predicted molar refractivity (Wildman–Crippen MR) is 77.9 cm³/mol. The van der Waals surface area contributed by atoms with E-state index < -0.39 is 0 Å². The van der Waals surface area contributed by atoms with Crippen molar-refractivity contribution in [1.29, 1.82) is 0 Å². The maximum Gasteiger partial charge on any atom is 0.329 e. The lowest BCUT2D eigenvalue weighted by atomic mass is 9.91. The van der Waals surface area contributed by atoms with E-state index in [-0.39, 0.29) is 23.9 Å². The van der Waals surface area contributed by atoms with E-state index in [0.717, 1.165) is 44.9 Å². The first-order valence-corrected chi connectivity index (χ1v) is 7.74. The third kappa shape index (κ3) is 3.14. The van der Waals surface area contributed by atoms with Crippen LogP contribution >= 0.6 is 12.2 Å². The van der Waals surface area contributed by atoms with Crippen LogP contribution in [0.25, 0.3) is 0 Å². The van der Waals surface area contributed by atoms with Gasteiger partial charge in [-0.1, -0.05) is 51.2 Å². The van der Waals surface area contributed by atoms with Crippen molar-refractivity contribution in [3.05, 3.63) is 0 Å². The van der Waals surface area contributed by atoms with E-state index in [1.807, 2.05) is 0 Å². The fourth-order valence-corrected chi connectivity index (χ4v) is 3.29. The van der Waals surface area contributed by atoms with Crippen molar-refractivity contribution < 1.29 is 9.59 Å². The monoisotopic (exact) mass is 282 g/mol. The summed E-state index contributed by atoms with van der Waals surface area (Å²) in [5.74, 6) is -0.372. The molecule has 1 aliphatic heterocycles. The van der Waals surface area contributed by atoms with Crippen LogP contribution in [0.5, 0.6) is 0 Å². The number of hydrogen-bond donors (Lipinski definition) is 1. The van der Waals surface area contributed by atoms with Gasteiger partial charge in [-0.2, -0.15) is 0 Å². The third-order valence-corrected chi connectivity index (χ3v) is 4.47. The Balaban J connectivity index is 2.10. The summed E-state index contributed by atoms with van der Waals surface area (Å²) < 4.78 is 0. The average molecular weight is 282 g/mol. The largest absolute Gasteiger partial charge is 0.329 e. The predicted octanol–water partition coefficient (Wildman–Crippen LogP) is 3.00. The molecule has 0 radical (unpaired) electrons. The summed E-state index contributed by atoms with van der Waals surface area (Å²) in [4.78, 5) is 26.4. The highest BCUT2D eigenvalue weighted by Crippen LogP contribution is 2.27. The number of thiocarbonyl (C=S) groups is 1. The van der Waals surface area contributed by atoms with Gasteiger partial charge < -0.3 is 5.32 Å². The number of carbonyl (C=O) groups excluding carboxylic acids is 2. The number of unbranched alkanes of at least 4 members (excludes halogenated alkanes) is 1. The van der Waals surface area contributed by atoms with Crippen molar-refractivity contribution in [1.82, 2.24) is 10.2 Å². The maximum atomic E-state index is 12.5. The molecule has 2 aliphatic rings. The molecule has 1 N–H and O–H groups in total. The first-order valence-electron chi connectivity index (χ1n) is 7.33. The summed E-state index contributed by atoms with van der Waals surface area (Å²) in [5, 5.41) is 2.71. The van der Waals surface area contributed by atoms with Gasteiger partial charge in [0.05, 0.1) is 10.9 Å². The number of rotatable bonds is 4. The fourth-order valence-electron chi connectivity index (χ4n) is 2.98. The Labute approximate surface area is 119 Å². The average Bonchev–Trinajstić information content (AvgIpc) is 2.39. The van der Waals surface area contributed by atoms with Gasteiger partial charge >= 0.3 is 6.03 Å². The Kier molecular flexibility index (Phi) is 4.91. The summed E-state index contributed by atoms with van der Waals surface area (Å²) in [6.07, 6.45) is 8.03. The van der Waals surface area contributed by atoms with E-state index >= 15 is 0 Å². The normalized spacial score (nSPS) is 25.6. The van der Waals surface area contributed by atoms with Crippen LogP contribution in [0, 0.1) is 5.92 Å². The first kappa shape index (κ1) is 14.4. The molecule has 0 spiro atoms. The molecule has 1 aliphatic carbocycles. The van der Waals surface area contributed by atoms with Crippen LogP contribution in [0.2, 0.25) is 0 Å². The number of nitrogens with one attached hydrogen (secondary N) is 1. The second kappa shape index (κ2) is 6.46. The number of imide groups is 1. The van der Waals surface area contributed by atoms with Gasteiger partial charge in [0.1, 0.15) is 0 Å². The zero-order valence-corrected chi connectivity index (χ0v) is 12.3. The molecule has 5 heteroatoms. The molecule has 0 aromatic rings. The molecule has 1 atom stereocenters. The molecule has 3 amide bonds. The molecule has 19 heavy (non-hydrogen) atoms. The molecule has 1 saturated heterocycles. The minimum absolute atomic E-state index is 0.0749. The number of hydrogen-bond acceptors (Lipinski definition) is 3. The van der Waals surface area contributed by atoms with Gasteiger partial charge in [-0.25, -0.2) is 4.79 Å². The maximum absolute atomic E-state index is 12.5. The molecule has 2 fully saturated rings. The van der Waals surface area contributed by atoms with Gasteiger partial charge in [-0.3, -0.25) is 9.69 Å². The van der Waals surface area contributed by atoms with Gasteiger partial charge in [-0.05, 0) is 19.3 Å². The molecule has 0 bridgehead atoms. The Hall–Kier alpha value is -0.970. The lowest BCUT2D eigenvalue weighted by molar-refractivity contribution is -0.133. The molecule has 2 rings (SSSR count). The van der Waals surface area contributed by atoms with Crippen molar-refractivity contribution in [3.63, 3.8) is 0 Å². The van der Waals surface area contributed by atoms with E-state index in [0.29, 0.717) is 4.99 Å². The minimum Gasteiger partial charge on any atom is -0.301 e. The summed E-state index contributed by atoms with van der Waals surface area (Å²) in [7, 11) is 0. The Bertz CT molecular complexity index is 378. The van der Waals surface area contributed by atoms with Crippen LogP contribution in [0.1, 0.15) is 58.3 Å². The highest BCUT2D eigenvalue weighted by molar-refractivity contribution is 7.80. The topological polar surface area (TPSA) is 49.4 Å². The highest BCUT2D eigenvalue weighted by atomic mass is 32.1. The van der Waals surface area contributed by atoms with Gasteiger partial charge in [0.25, 0.3) is 0 Å². The number of nitrogens with zero attached hydrogens (tertiary/aromatic N) is 1. The summed E-state index contributed by atoms with van der Waals surface area (Å²) in [5.41, 5.74) is 0. The van der Waals surface area contributed by atoms with E-state index in [1.54, 1.807) is 0 Å². The molecule has 106 valence electrons. The molecule has 4 nitrogen and oxygen atoms in total. The lowest BCUT2D eigenvalue weighted by Gasteiger charge is -2.38. The second-order valence-electron chi connectivity index (χ2n) is 5.49. The third-order valence-electron chi connectivity index (χ3n) is 4.09. The van der Waals surface area contributed by atoms with Crippen LogP contribution in [0.3, 0.4) is 0 Å². The zero-order valence-electron chi connectivity index (χ0n) is 11.5. The fraction of sp³-hybridized carbons (Fsp3) is 0.786. The quantitative estimate of drug-likeness (QED) is 0.806. The van der Waals surface area contributed by atoms with Gasteiger partial charge in [-0.15, -0.1) is 0 Å². The van der Waals surface area contributed by atoms with E-state index in [1.165, 1.54) is 11.3 Å². The molecule has 1 unspecified atom stereocenters. The second-order valence-corrected chi connectivity index (χ2v) is 5.93. The molecular formula is C14H22N2O2S. The van der Waals surface area contributed by atoms with Crippen LogP contribution < -0.4 is 5.32 Å². The van der Waals surface area contributed by atoms with Gasteiger partial charge in [0.15, 0.2) is 0 Å². The van der Waals surface area contributed by atoms with Gasteiger partial charge in [0.2, 0.25) is 5.91 Å².